The van der Waals surface area contributed by atoms with Gasteiger partial charge in [-0.3, -0.25) is 19.8 Å². The first kappa shape index (κ1) is 25.2. The number of rotatable bonds is 5. The van der Waals surface area contributed by atoms with Gasteiger partial charge >= 0.3 is 6.09 Å². The van der Waals surface area contributed by atoms with Gasteiger partial charge in [0, 0.05) is 58.4 Å². The number of likely N-dealkylation sites (tertiary alicyclic amines) is 1. The van der Waals surface area contributed by atoms with Crippen LogP contribution in [0.4, 0.5) is 16.6 Å². The van der Waals surface area contributed by atoms with Gasteiger partial charge in [0.25, 0.3) is 0 Å². The predicted molar refractivity (Wildman–Crippen MR) is 131 cm³/mol. The van der Waals surface area contributed by atoms with Crippen LogP contribution in [0.1, 0.15) is 46.5 Å². The van der Waals surface area contributed by atoms with Crippen molar-refractivity contribution in [3.8, 4) is 0 Å². The van der Waals surface area contributed by atoms with Crippen LogP contribution < -0.4 is 15.5 Å². The minimum absolute atomic E-state index is 0.208. The standard InChI is InChI=1S/C24H37N7O4/c1-24(2,3)35-23(34)31-10-7-17(8-11-31)16-29-12-14-30(15-13-29)19-6-9-25-22(27-19)26-18-4-5-20(32)28-21(18)33/h6,9,17-18H,4-5,7-8,10-16H2,1-3H3,(H,25,26,27)(H,28,32,33). The largest absolute Gasteiger partial charge is 0.444 e. The number of anilines is 2. The van der Waals surface area contributed by atoms with Crippen molar-refractivity contribution in [2.75, 3.05) is 56.0 Å². The summed E-state index contributed by atoms with van der Waals surface area (Å²) in [5.74, 6) is 1.25. The molecule has 1 unspecified atom stereocenters. The Morgan fingerprint density at radius 3 is 2.49 bits per heavy atom. The van der Waals surface area contributed by atoms with E-state index in [-0.39, 0.29) is 17.9 Å². The quantitative estimate of drug-likeness (QED) is 0.595. The molecule has 3 saturated heterocycles. The summed E-state index contributed by atoms with van der Waals surface area (Å²) in [7, 11) is 0. The highest BCUT2D eigenvalue weighted by atomic mass is 16.6. The summed E-state index contributed by atoms with van der Waals surface area (Å²) in [5.41, 5.74) is -0.459. The summed E-state index contributed by atoms with van der Waals surface area (Å²) < 4.78 is 5.50. The normalized spacial score (nSPS) is 22.7. The van der Waals surface area contributed by atoms with Crippen molar-refractivity contribution >= 4 is 29.7 Å². The lowest BCUT2D eigenvalue weighted by atomic mass is 9.96. The van der Waals surface area contributed by atoms with Crippen LogP contribution in [0.3, 0.4) is 0 Å². The van der Waals surface area contributed by atoms with Crippen molar-refractivity contribution in [3.05, 3.63) is 12.3 Å². The van der Waals surface area contributed by atoms with Crippen molar-refractivity contribution in [3.63, 3.8) is 0 Å². The third-order valence-corrected chi connectivity index (χ3v) is 6.66. The fourth-order valence-electron chi connectivity index (χ4n) is 4.73. The number of amides is 3. The van der Waals surface area contributed by atoms with E-state index < -0.39 is 11.6 Å². The van der Waals surface area contributed by atoms with Crippen molar-refractivity contribution in [2.45, 2.75) is 58.1 Å². The molecule has 0 spiro atoms. The molecular weight excluding hydrogens is 450 g/mol. The predicted octanol–water partition coefficient (Wildman–Crippen LogP) is 1.46. The van der Waals surface area contributed by atoms with Gasteiger partial charge in [0.1, 0.15) is 17.5 Å². The molecule has 11 nitrogen and oxygen atoms in total. The summed E-state index contributed by atoms with van der Waals surface area (Å²) >= 11 is 0. The van der Waals surface area contributed by atoms with Gasteiger partial charge in [0.15, 0.2) is 0 Å². The first-order valence-corrected chi connectivity index (χ1v) is 12.5. The van der Waals surface area contributed by atoms with Crippen LogP contribution in [-0.4, -0.2) is 95.1 Å². The summed E-state index contributed by atoms with van der Waals surface area (Å²) in [6.45, 7) is 11.9. The van der Waals surface area contributed by atoms with Gasteiger partial charge in [-0.2, -0.15) is 4.98 Å². The Labute approximate surface area is 206 Å². The van der Waals surface area contributed by atoms with Gasteiger partial charge in [0.05, 0.1) is 0 Å². The minimum atomic E-state index is -0.499. The fraction of sp³-hybridized carbons (Fsp3) is 0.708. The lowest BCUT2D eigenvalue weighted by molar-refractivity contribution is -0.133. The van der Waals surface area contributed by atoms with Crippen LogP contribution in [0.15, 0.2) is 12.3 Å². The summed E-state index contributed by atoms with van der Waals surface area (Å²) in [4.78, 5) is 51.1. The Morgan fingerprint density at radius 1 is 1.11 bits per heavy atom. The second-order valence-electron chi connectivity index (χ2n) is 10.6. The Bertz CT molecular complexity index is 919. The Balaban J connectivity index is 1.21. The van der Waals surface area contributed by atoms with Crippen molar-refractivity contribution in [1.82, 2.24) is 25.1 Å². The van der Waals surface area contributed by atoms with Crippen molar-refractivity contribution in [1.29, 1.82) is 0 Å². The van der Waals surface area contributed by atoms with Crippen LogP contribution >= 0.6 is 0 Å². The van der Waals surface area contributed by atoms with Gasteiger partial charge < -0.3 is 19.9 Å². The minimum Gasteiger partial charge on any atom is -0.444 e. The Kier molecular flexibility index (Phi) is 7.73. The lowest BCUT2D eigenvalue weighted by Crippen LogP contribution is -2.50. The monoisotopic (exact) mass is 487 g/mol. The maximum Gasteiger partial charge on any atom is 0.410 e. The zero-order valence-electron chi connectivity index (χ0n) is 21.0. The third-order valence-electron chi connectivity index (χ3n) is 6.66. The molecule has 0 aromatic carbocycles. The van der Waals surface area contributed by atoms with Crippen LogP contribution in [0.2, 0.25) is 0 Å². The molecule has 0 bridgehead atoms. The van der Waals surface area contributed by atoms with Crippen LogP contribution in [-0.2, 0) is 14.3 Å². The SMILES string of the molecule is CC(C)(C)OC(=O)N1CCC(CN2CCN(c3ccnc(NC4CCC(=O)NC4=O)n3)CC2)CC1. The molecule has 2 N–H and O–H groups in total. The van der Waals surface area contributed by atoms with Gasteiger partial charge in [-0.15, -0.1) is 0 Å². The molecule has 35 heavy (non-hydrogen) atoms. The van der Waals surface area contributed by atoms with E-state index in [0.717, 1.165) is 64.5 Å². The van der Waals surface area contributed by atoms with Crippen LogP contribution in [0.5, 0.6) is 0 Å². The summed E-state index contributed by atoms with van der Waals surface area (Å²) in [6, 6.07) is 1.39. The molecule has 4 heterocycles. The van der Waals surface area contributed by atoms with Crippen LogP contribution in [0, 0.1) is 5.92 Å². The number of hydrogen-bond acceptors (Lipinski definition) is 9. The average molecular weight is 488 g/mol. The number of aromatic nitrogens is 2. The van der Waals surface area contributed by atoms with Crippen molar-refractivity contribution < 1.29 is 19.1 Å². The van der Waals surface area contributed by atoms with E-state index in [1.807, 2.05) is 31.7 Å². The smallest absolute Gasteiger partial charge is 0.410 e. The molecular formula is C24H37N7O4. The number of hydrogen-bond donors (Lipinski definition) is 2. The number of piperazine rings is 1. The molecule has 1 atom stereocenters. The summed E-state index contributed by atoms with van der Waals surface area (Å²) in [5, 5.41) is 5.40. The molecule has 192 valence electrons. The maximum absolute atomic E-state index is 12.3. The van der Waals surface area contributed by atoms with Gasteiger partial charge in [-0.05, 0) is 52.0 Å². The summed E-state index contributed by atoms with van der Waals surface area (Å²) in [6.07, 6.45) is 4.24. The first-order chi connectivity index (χ1) is 16.7. The molecule has 11 heteroatoms. The number of nitrogens with one attached hydrogen (secondary N) is 2. The molecule has 4 rings (SSSR count). The zero-order chi connectivity index (χ0) is 25.0. The van der Waals surface area contributed by atoms with E-state index in [4.69, 9.17) is 4.74 Å². The zero-order valence-corrected chi connectivity index (χ0v) is 21.0. The highest BCUT2D eigenvalue weighted by Gasteiger charge is 2.29. The number of nitrogens with zero attached hydrogens (tertiary/aromatic N) is 5. The second kappa shape index (κ2) is 10.8. The average Bonchev–Trinajstić information content (AvgIpc) is 2.81. The van der Waals surface area contributed by atoms with E-state index in [0.29, 0.717) is 24.7 Å². The Morgan fingerprint density at radius 2 is 1.83 bits per heavy atom. The van der Waals surface area contributed by atoms with E-state index in [2.05, 4.69) is 30.4 Å². The first-order valence-electron chi connectivity index (χ1n) is 12.5. The van der Waals surface area contributed by atoms with E-state index in [9.17, 15) is 14.4 Å². The number of carbonyl (C=O) groups is 3. The molecule has 3 fully saturated rings. The molecule has 0 aliphatic carbocycles. The number of ether oxygens (including phenoxy) is 1. The van der Waals surface area contributed by atoms with Crippen LogP contribution in [0.25, 0.3) is 0 Å². The molecule has 3 aliphatic rings. The number of carbonyl (C=O) groups excluding carboxylic acids is 3. The van der Waals surface area contributed by atoms with E-state index in [1.54, 1.807) is 6.20 Å². The molecule has 0 radical (unpaired) electrons. The van der Waals surface area contributed by atoms with Gasteiger partial charge in [-0.1, -0.05) is 0 Å². The molecule has 1 aromatic rings. The van der Waals surface area contributed by atoms with E-state index in [1.165, 1.54) is 0 Å². The molecule has 3 amide bonds. The molecule has 3 aliphatic heterocycles. The van der Waals surface area contributed by atoms with Gasteiger partial charge in [-0.25, -0.2) is 9.78 Å². The topological polar surface area (TPSA) is 120 Å². The number of imide groups is 1. The lowest BCUT2D eigenvalue weighted by Gasteiger charge is -2.39. The fourth-order valence-corrected chi connectivity index (χ4v) is 4.73. The van der Waals surface area contributed by atoms with E-state index >= 15 is 0 Å². The highest BCUT2D eigenvalue weighted by molar-refractivity contribution is 6.01. The highest BCUT2D eigenvalue weighted by Crippen LogP contribution is 2.22. The second-order valence-corrected chi connectivity index (χ2v) is 10.6. The third kappa shape index (κ3) is 7.03. The molecule has 1 aromatic heterocycles. The molecule has 0 saturated carbocycles. The number of piperidine rings is 2. The Hall–Kier alpha value is -2.95. The maximum atomic E-state index is 12.3. The van der Waals surface area contributed by atoms with Crippen molar-refractivity contribution in [2.24, 2.45) is 5.92 Å². The van der Waals surface area contributed by atoms with Gasteiger partial charge in [0.2, 0.25) is 17.8 Å².